The van der Waals surface area contributed by atoms with Crippen LogP contribution in [0.5, 0.6) is 0 Å². The fourth-order valence-corrected chi connectivity index (χ4v) is 5.37. The van der Waals surface area contributed by atoms with E-state index in [0.29, 0.717) is 0 Å². The molecule has 1 nitrogen and oxygen atoms in total. The maximum atomic E-state index is 2.43. The Bertz CT molecular complexity index is 320. The van der Waals surface area contributed by atoms with Crippen LogP contribution in [-0.4, -0.2) is 28.8 Å². The molecule has 0 saturated heterocycles. The van der Waals surface area contributed by atoms with Crippen LogP contribution in [0.2, 0.25) is 0 Å². The van der Waals surface area contributed by atoms with Crippen molar-refractivity contribution in [1.29, 1.82) is 0 Å². The molecule has 27 heavy (non-hydrogen) atoms. The first kappa shape index (κ1) is 25.3. The van der Waals surface area contributed by atoms with Crippen molar-refractivity contribution in [3.63, 3.8) is 0 Å². The van der Waals surface area contributed by atoms with E-state index < -0.39 is 0 Å². The van der Waals surface area contributed by atoms with E-state index in [0.717, 1.165) is 0 Å². The molecular formula is C24H47NS2. The summed E-state index contributed by atoms with van der Waals surface area (Å²) in [6.45, 7) is 3.55. The van der Waals surface area contributed by atoms with Gasteiger partial charge in [0.05, 0.1) is 5.88 Å². The first-order chi connectivity index (χ1) is 13.4. The van der Waals surface area contributed by atoms with Crippen LogP contribution in [0.25, 0.3) is 0 Å². The van der Waals surface area contributed by atoms with Crippen molar-refractivity contribution >= 4 is 23.5 Å². The van der Waals surface area contributed by atoms with Gasteiger partial charge in [-0.05, 0) is 29.8 Å². The van der Waals surface area contributed by atoms with Crippen LogP contribution in [0.3, 0.4) is 0 Å². The monoisotopic (exact) mass is 413 g/mol. The zero-order chi connectivity index (χ0) is 19.3. The highest BCUT2D eigenvalue weighted by atomic mass is 32.2. The van der Waals surface area contributed by atoms with Gasteiger partial charge in [-0.2, -0.15) is 11.8 Å². The molecule has 1 aliphatic rings. The molecule has 0 N–H and O–H groups in total. The lowest BCUT2D eigenvalue weighted by Crippen LogP contribution is -2.15. The fraction of sp³-hybridized carbons (Fsp3) is 0.917. The number of nitrogens with zero attached hydrogens (tertiary/aromatic N) is 1. The van der Waals surface area contributed by atoms with Crippen LogP contribution in [0, 0.1) is 0 Å². The topological polar surface area (TPSA) is 3.24 Å². The quantitative estimate of drug-likeness (QED) is 0.173. The average Bonchev–Trinajstić information content (AvgIpc) is 3.20. The summed E-state index contributed by atoms with van der Waals surface area (Å²) in [5.41, 5.74) is 0. The Kier molecular flexibility index (Phi) is 19.6. The van der Waals surface area contributed by atoms with Crippen molar-refractivity contribution in [3.05, 3.63) is 11.6 Å². The van der Waals surface area contributed by atoms with E-state index in [1.807, 2.05) is 11.8 Å². The molecule has 160 valence electrons. The summed E-state index contributed by atoms with van der Waals surface area (Å²) in [6.07, 6.45) is 27.0. The van der Waals surface area contributed by atoms with Crippen LogP contribution in [0.15, 0.2) is 11.6 Å². The van der Waals surface area contributed by atoms with Crippen molar-refractivity contribution < 1.29 is 0 Å². The van der Waals surface area contributed by atoms with Gasteiger partial charge in [0.15, 0.2) is 0 Å². The number of hydrogen-bond acceptors (Lipinski definition) is 3. The summed E-state index contributed by atoms with van der Waals surface area (Å²) in [7, 11) is 0. The minimum Gasteiger partial charge on any atom is -0.367 e. The van der Waals surface area contributed by atoms with Crippen molar-refractivity contribution in [3.8, 4) is 0 Å². The van der Waals surface area contributed by atoms with Gasteiger partial charge in [-0.15, -0.1) is 11.8 Å². The van der Waals surface area contributed by atoms with Gasteiger partial charge in [0.2, 0.25) is 0 Å². The molecule has 0 radical (unpaired) electrons. The summed E-state index contributed by atoms with van der Waals surface area (Å²) in [5, 5.41) is 2.21. The maximum absolute atomic E-state index is 2.43. The van der Waals surface area contributed by atoms with Gasteiger partial charge in [-0.3, -0.25) is 0 Å². The molecule has 1 heterocycles. The van der Waals surface area contributed by atoms with Gasteiger partial charge in [0.25, 0.3) is 0 Å². The first-order valence-corrected chi connectivity index (χ1v) is 14.2. The van der Waals surface area contributed by atoms with E-state index in [-0.39, 0.29) is 0 Å². The summed E-state index contributed by atoms with van der Waals surface area (Å²) in [5.74, 6) is 3.89. The predicted octanol–water partition coefficient (Wildman–Crippen LogP) is 8.85. The standard InChI is InChI=1S/C24H47NS2/c1-2-3-4-5-6-7-8-9-10-11-12-13-14-15-16-17-21-26-22-18-19-25-20-23-27-24-25/h20,23H,2-19,21-22,24H2,1H3. The molecule has 0 spiro atoms. The molecule has 0 aliphatic carbocycles. The Morgan fingerprint density at radius 1 is 0.667 bits per heavy atom. The third kappa shape index (κ3) is 18.0. The molecule has 0 unspecified atom stereocenters. The Morgan fingerprint density at radius 3 is 1.63 bits per heavy atom. The van der Waals surface area contributed by atoms with E-state index in [1.54, 1.807) is 0 Å². The van der Waals surface area contributed by atoms with E-state index >= 15 is 0 Å². The number of thioether (sulfide) groups is 2. The molecular weight excluding hydrogens is 366 g/mol. The predicted molar refractivity (Wildman–Crippen MR) is 130 cm³/mol. The summed E-state index contributed by atoms with van der Waals surface area (Å²) < 4.78 is 0. The highest BCUT2D eigenvalue weighted by Crippen LogP contribution is 2.17. The van der Waals surface area contributed by atoms with E-state index in [2.05, 4.69) is 35.2 Å². The smallest absolute Gasteiger partial charge is 0.0675 e. The molecule has 0 aromatic rings. The first-order valence-electron chi connectivity index (χ1n) is 12.0. The number of hydrogen-bond donors (Lipinski definition) is 0. The van der Waals surface area contributed by atoms with Gasteiger partial charge in [-0.25, -0.2) is 0 Å². The molecule has 0 aromatic heterocycles. The Balaban J connectivity index is 1.62. The second kappa shape index (κ2) is 21.0. The number of rotatable bonds is 21. The van der Waals surface area contributed by atoms with Gasteiger partial charge in [0.1, 0.15) is 0 Å². The van der Waals surface area contributed by atoms with Crippen molar-refractivity contribution in [1.82, 2.24) is 4.90 Å². The fourth-order valence-electron chi connectivity index (χ4n) is 3.67. The highest BCUT2D eigenvalue weighted by Gasteiger charge is 2.03. The molecule has 1 aliphatic heterocycles. The Morgan fingerprint density at radius 2 is 1.15 bits per heavy atom. The second-order valence-corrected chi connectivity index (χ2v) is 10.3. The van der Waals surface area contributed by atoms with Crippen LogP contribution in [-0.2, 0) is 0 Å². The molecule has 0 fully saturated rings. The Labute approximate surface area is 179 Å². The van der Waals surface area contributed by atoms with Crippen LogP contribution in [0.4, 0.5) is 0 Å². The summed E-state index contributed by atoms with van der Waals surface area (Å²) >= 11 is 4.08. The summed E-state index contributed by atoms with van der Waals surface area (Å²) in [4.78, 5) is 2.43. The second-order valence-electron chi connectivity index (χ2n) is 8.16. The van der Waals surface area contributed by atoms with Crippen molar-refractivity contribution in [2.45, 2.75) is 116 Å². The molecule has 3 heteroatoms. The van der Waals surface area contributed by atoms with Crippen molar-refractivity contribution in [2.75, 3.05) is 23.9 Å². The van der Waals surface area contributed by atoms with Gasteiger partial charge >= 0.3 is 0 Å². The third-order valence-electron chi connectivity index (χ3n) is 5.48. The lowest BCUT2D eigenvalue weighted by atomic mass is 10.0. The molecule has 0 aromatic carbocycles. The zero-order valence-corrected chi connectivity index (χ0v) is 19.9. The SMILES string of the molecule is CCCCCCCCCCCCCCCCCCSCCCN1C=CSC1. The van der Waals surface area contributed by atoms with Gasteiger partial charge in [-0.1, -0.05) is 103 Å². The van der Waals surface area contributed by atoms with Crippen LogP contribution in [0.1, 0.15) is 116 Å². The van der Waals surface area contributed by atoms with Gasteiger partial charge < -0.3 is 4.90 Å². The van der Waals surface area contributed by atoms with Crippen LogP contribution < -0.4 is 0 Å². The lowest BCUT2D eigenvalue weighted by Gasteiger charge is -2.13. The normalized spacial score (nSPS) is 13.7. The largest absolute Gasteiger partial charge is 0.367 e. The van der Waals surface area contributed by atoms with Crippen LogP contribution >= 0.6 is 23.5 Å². The maximum Gasteiger partial charge on any atom is 0.0675 e. The molecule has 1 rings (SSSR count). The molecule has 0 saturated carbocycles. The number of unbranched alkanes of at least 4 members (excludes halogenated alkanes) is 15. The Hall–Kier alpha value is 0.240. The molecule has 0 amide bonds. The minimum absolute atomic E-state index is 1.17. The van der Waals surface area contributed by atoms with Crippen molar-refractivity contribution in [2.24, 2.45) is 0 Å². The minimum atomic E-state index is 1.17. The lowest BCUT2D eigenvalue weighted by molar-refractivity contribution is 0.447. The van der Waals surface area contributed by atoms with Gasteiger partial charge in [0, 0.05) is 12.7 Å². The average molecular weight is 414 g/mol. The third-order valence-corrected chi connectivity index (χ3v) is 7.43. The highest BCUT2D eigenvalue weighted by molar-refractivity contribution is 8.02. The molecule has 0 bridgehead atoms. The summed E-state index contributed by atoms with van der Waals surface area (Å²) in [6, 6.07) is 0. The van der Waals surface area contributed by atoms with E-state index in [1.165, 1.54) is 133 Å². The molecule has 0 atom stereocenters. The zero-order valence-electron chi connectivity index (χ0n) is 18.3. The van der Waals surface area contributed by atoms with E-state index in [9.17, 15) is 0 Å². The van der Waals surface area contributed by atoms with E-state index in [4.69, 9.17) is 0 Å².